The van der Waals surface area contributed by atoms with E-state index in [0.717, 1.165) is 18.7 Å². The number of H-pyrrole nitrogens is 1. The van der Waals surface area contributed by atoms with Crippen LogP contribution in [0.3, 0.4) is 0 Å². The highest BCUT2D eigenvalue weighted by Crippen LogP contribution is 2.37. The van der Waals surface area contributed by atoms with E-state index in [1.807, 2.05) is 0 Å². The Hall–Kier alpha value is -1.85. The van der Waals surface area contributed by atoms with Crippen molar-refractivity contribution in [2.75, 3.05) is 5.73 Å². The number of hydrogen-bond donors (Lipinski definition) is 2. The van der Waals surface area contributed by atoms with Gasteiger partial charge in [0, 0.05) is 12.0 Å². The van der Waals surface area contributed by atoms with E-state index in [0.29, 0.717) is 11.7 Å². The summed E-state index contributed by atoms with van der Waals surface area (Å²) in [5, 5.41) is 2.93. The van der Waals surface area contributed by atoms with Crippen LogP contribution in [0.5, 0.6) is 0 Å². The molecule has 1 saturated carbocycles. The molecule has 72 valence electrons. The van der Waals surface area contributed by atoms with Gasteiger partial charge in [0.2, 0.25) is 0 Å². The summed E-state index contributed by atoms with van der Waals surface area (Å²) in [7, 11) is 0. The third kappa shape index (κ3) is 1.00. The molecule has 14 heavy (non-hydrogen) atoms. The lowest BCUT2D eigenvalue weighted by molar-refractivity contribution is 0.849. The summed E-state index contributed by atoms with van der Waals surface area (Å²) in [6.07, 6.45) is 2.26. The first kappa shape index (κ1) is 7.54. The summed E-state index contributed by atoms with van der Waals surface area (Å²) in [5.41, 5.74) is 5.23. The van der Waals surface area contributed by atoms with E-state index in [1.165, 1.54) is 10.6 Å². The van der Waals surface area contributed by atoms with Crippen molar-refractivity contribution in [2.45, 2.75) is 18.8 Å². The molecule has 0 radical (unpaired) electrons. The summed E-state index contributed by atoms with van der Waals surface area (Å²) >= 11 is 0. The number of rotatable bonds is 1. The van der Waals surface area contributed by atoms with Crippen molar-refractivity contribution in [2.24, 2.45) is 0 Å². The molecule has 1 fully saturated rings. The zero-order chi connectivity index (χ0) is 9.71. The zero-order valence-corrected chi connectivity index (χ0v) is 7.40. The number of nitrogens with two attached hydrogens (primary N) is 1. The lowest BCUT2D eigenvalue weighted by Crippen LogP contribution is -2.15. The van der Waals surface area contributed by atoms with Crippen molar-refractivity contribution < 1.29 is 0 Å². The maximum atomic E-state index is 11.4. The molecular weight excluding hydrogens is 182 g/mol. The molecule has 0 atom stereocenters. The number of nitrogens with zero attached hydrogens (tertiary/aromatic N) is 3. The molecule has 2 heterocycles. The van der Waals surface area contributed by atoms with Crippen LogP contribution in [0.4, 0.5) is 5.82 Å². The fraction of sp³-hybridized carbons (Fsp3) is 0.375. The molecule has 3 rings (SSSR count). The molecular formula is C8H9N5O. The van der Waals surface area contributed by atoms with E-state index < -0.39 is 0 Å². The smallest absolute Gasteiger partial charge is 0.276 e. The molecule has 0 bridgehead atoms. The zero-order valence-electron chi connectivity index (χ0n) is 7.40. The Bertz CT molecular complexity index is 550. The monoisotopic (exact) mass is 191 g/mol. The van der Waals surface area contributed by atoms with Gasteiger partial charge < -0.3 is 5.73 Å². The summed E-state index contributed by atoms with van der Waals surface area (Å²) in [6, 6.07) is 1.28. The van der Waals surface area contributed by atoms with Crippen LogP contribution < -0.4 is 11.3 Å². The molecule has 2 aromatic heterocycles. The van der Waals surface area contributed by atoms with Gasteiger partial charge in [-0.25, -0.2) is 0 Å². The Morgan fingerprint density at radius 3 is 3.00 bits per heavy atom. The van der Waals surface area contributed by atoms with Crippen molar-refractivity contribution >= 4 is 11.6 Å². The van der Waals surface area contributed by atoms with Crippen molar-refractivity contribution in [1.29, 1.82) is 0 Å². The first-order valence-corrected chi connectivity index (χ1v) is 4.49. The molecule has 1 aliphatic carbocycles. The lowest BCUT2D eigenvalue weighted by atomic mass is 10.4. The predicted octanol–water partition coefficient (Wildman–Crippen LogP) is -0.123. The standard InChI is InChI=1S/C8H9N5O/c9-5-3-6(14)13-8(10-5)11-7(12-13)4-1-2-4/h3-4H,1-2,9H2,(H,10,11,12). The maximum Gasteiger partial charge on any atom is 0.276 e. The van der Waals surface area contributed by atoms with Crippen LogP contribution in [0.25, 0.3) is 5.78 Å². The minimum atomic E-state index is -0.216. The van der Waals surface area contributed by atoms with E-state index in [4.69, 9.17) is 5.73 Å². The van der Waals surface area contributed by atoms with Gasteiger partial charge in [0.15, 0.2) is 0 Å². The molecule has 0 saturated heterocycles. The summed E-state index contributed by atoms with van der Waals surface area (Å²) in [6.45, 7) is 0. The predicted molar refractivity (Wildman–Crippen MR) is 50.0 cm³/mol. The number of aromatic nitrogens is 4. The molecule has 6 heteroatoms. The van der Waals surface area contributed by atoms with Gasteiger partial charge in [-0.05, 0) is 12.8 Å². The largest absolute Gasteiger partial charge is 0.383 e. The van der Waals surface area contributed by atoms with Crippen molar-refractivity contribution in [1.82, 2.24) is 19.6 Å². The number of hydrogen-bond acceptors (Lipinski definition) is 4. The second-order valence-corrected chi connectivity index (χ2v) is 3.54. The van der Waals surface area contributed by atoms with E-state index in [9.17, 15) is 4.79 Å². The van der Waals surface area contributed by atoms with Crippen molar-refractivity contribution in [3.05, 3.63) is 22.2 Å². The SMILES string of the molecule is Nc1cc(=O)n2[nH]c(C3CC3)nc2n1. The van der Waals surface area contributed by atoms with Crippen LogP contribution >= 0.6 is 0 Å². The molecule has 0 amide bonds. The van der Waals surface area contributed by atoms with Gasteiger partial charge in [-0.2, -0.15) is 14.5 Å². The van der Waals surface area contributed by atoms with Gasteiger partial charge in [0.05, 0.1) is 0 Å². The third-order valence-electron chi connectivity index (χ3n) is 2.33. The second kappa shape index (κ2) is 2.34. The van der Waals surface area contributed by atoms with E-state index in [-0.39, 0.29) is 11.4 Å². The Morgan fingerprint density at radius 2 is 2.29 bits per heavy atom. The number of anilines is 1. The minimum Gasteiger partial charge on any atom is -0.383 e. The highest BCUT2D eigenvalue weighted by atomic mass is 16.1. The lowest BCUT2D eigenvalue weighted by Gasteiger charge is -1.90. The fourth-order valence-corrected chi connectivity index (χ4v) is 1.45. The average molecular weight is 191 g/mol. The molecule has 2 aromatic rings. The molecule has 0 aliphatic heterocycles. The highest BCUT2D eigenvalue weighted by molar-refractivity contribution is 5.37. The van der Waals surface area contributed by atoms with Crippen molar-refractivity contribution in [3.8, 4) is 0 Å². The van der Waals surface area contributed by atoms with Gasteiger partial charge in [-0.1, -0.05) is 0 Å². The third-order valence-corrected chi connectivity index (χ3v) is 2.33. The Labute approximate surface area is 78.8 Å². The average Bonchev–Trinajstić information content (AvgIpc) is 2.87. The number of aromatic amines is 1. The molecule has 3 N–H and O–H groups in total. The Morgan fingerprint density at radius 1 is 1.50 bits per heavy atom. The minimum absolute atomic E-state index is 0.212. The van der Waals surface area contributed by atoms with Crippen LogP contribution in [-0.4, -0.2) is 19.6 Å². The Kier molecular flexibility index (Phi) is 1.26. The van der Waals surface area contributed by atoms with Gasteiger partial charge in [0.1, 0.15) is 11.6 Å². The normalized spacial score (nSPS) is 16.3. The van der Waals surface area contributed by atoms with Crippen LogP contribution in [0, 0.1) is 0 Å². The number of nitrogen functional groups attached to an aromatic ring is 1. The van der Waals surface area contributed by atoms with Crippen LogP contribution in [0.2, 0.25) is 0 Å². The molecule has 0 aromatic carbocycles. The number of nitrogens with one attached hydrogen (secondary N) is 1. The second-order valence-electron chi connectivity index (χ2n) is 3.54. The molecule has 6 nitrogen and oxygen atoms in total. The van der Waals surface area contributed by atoms with Gasteiger partial charge in [-0.15, -0.1) is 0 Å². The maximum absolute atomic E-state index is 11.4. The van der Waals surface area contributed by atoms with Crippen molar-refractivity contribution in [3.63, 3.8) is 0 Å². The highest BCUT2D eigenvalue weighted by Gasteiger charge is 2.27. The van der Waals surface area contributed by atoms with Gasteiger partial charge in [0.25, 0.3) is 11.3 Å². The topological polar surface area (TPSA) is 89.1 Å². The fourth-order valence-electron chi connectivity index (χ4n) is 1.45. The van der Waals surface area contributed by atoms with Crippen LogP contribution in [0.1, 0.15) is 24.6 Å². The van der Waals surface area contributed by atoms with Gasteiger partial charge >= 0.3 is 0 Å². The molecule has 1 aliphatic rings. The molecule has 0 unspecified atom stereocenters. The van der Waals surface area contributed by atoms with Crippen LogP contribution in [0.15, 0.2) is 10.9 Å². The van der Waals surface area contributed by atoms with E-state index in [2.05, 4.69) is 15.1 Å². The quantitative estimate of drug-likeness (QED) is 0.657. The molecule has 0 spiro atoms. The summed E-state index contributed by atoms with van der Waals surface area (Å²) < 4.78 is 1.32. The van der Waals surface area contributed by atoms with Crippen LogP contribution in [-0.2, 0) is 0 Å². The van der Waals surface area contributed by atoms with E-state index >= 15 is 0 Å². The first-order valence-electron chi connectivity index (χ1n) is 4.49. The summed E-state index contributed by atoms with van der Waals surface area (Å²) in [5.74, 6) is 1.87. The first-order chi connectivity index (χ1) is 6.74. The van der Waals surface area contributed by atoms with Gasteiger partial charge in [-0.3, -0.25) is 9.89 Å². The van der Waals surface area contributed by atoms with E-state index in [1.54, 1.807) is 0 Å². The Balaban J connectivity index is 2.31. The summed E-state index contributed by atoms with van der Waals surface area (Å²) in [4.78, 5) is 19.6. The number of fused-ring (bicyclic) bond motifs is 1.